The number of carbonyl (C=O) groups excluding carboxylic acids is 2. The predicted molar refractivity (Wildman–Crippen MR) is 114 cm³/mol. The molecule has 0 aliphatic rings. The third kappa shape index (κ3) is 18.1. The van der Waals surface area contributed by atoms with E-state index in [-0.39, 0.29) is 11.9 Å². The monoisotopic (exact) mass is 383 g/mol. The average Bonchev–Trinajstić information content (AvgIpc) is 2.66. The molecule has 0 radical (unpaired) electrons. The molecule has 1 atom stereocenters. The normalized spacial score (nSPS) is 12.0. The van der Waals surface area contributed by atoms with E-state index < -0.39 is 6.04 Å². The first kappa shape index (κ1) is 25.9. The summed E-state index contributed by atoms with van der Waals surface area (Å²) in [5.41, 5.74) is 0. The molecule has 0 rings (SSSR count). The average molecular weight is 384 g/mol. The molecule has 0 saturated heterocycles. The Kier molecular flexibility index (Phi) is 18.9. The van der Waals surface area contributed by atoms with Gasteiger partial charge >= 0.3 is 5.97 Å². The van der Waals surface area contributed by atoms with Crippen molar-refractivity contribution in [1.29, 1.82) is 0 Å². The molecular formula is C23H45NO3. The van der Waals surface area contributed by atoms with E-state index in [9.17, 15) is 9.59 Å². The zero-order valence-corrected chi connectivity index (χ0v) is 18.3. The lowest BCUT2D eigenvalue weighted by molar-refractivity contribution is -0.147. The summed E-state index contributed by atoms with van der Waals surface area (Å²) in [6, 6.07) is -0.545. The van der Waals surface area contributed by atoms with Crippen molar-refractivity contribution in [1.82, 2.24) is 5.32 Å². The number of rotatable bonds is 19. The molecule has 0 aromatic carbocycles. The number of carbonyl (C=O) groups is 2. The highest BCUT2D eigenvalue weighted by Crippen LogP contribution is 2.12. The third-order valence-corrected chi connectivity index (χ3v) is 4.98. The largest absolute Gasteiger partial charge is 0.464 e. The van der Waals surface area contributed by atoms with E-state index in [0.717, 1.165) is 25.7 Å². The lowest BCUT2D eigenvalue weighted by Crippen LogP contribution is -2.39. The molecule has 1 N–H and O–H groups in total. The van der Waals surface area contributed by atoms with Crippen LogP contribution in [0.3, 0.4) is 0 Å². The number of esters is 1. The van der Waals surface area contributed by atoms with Crippen molar-refractivity contribution in [2.75, 3.05) is 6.61 Å². The van der Waals surface area contributed by atoms with Crippen LogP contribution in [0, 0.1) is 0 Å². The van der Waals surface area contributed by atoms with E-state index in [2.05, 4.69) is 12.2 Å². The van der Waals surface area contributed by atoms with Gasteiger partial charge < -0.3 is 10.1 Å². The topological polar surface area (TPSA) is 55.4 Å². The molecule has 1 unspecified atom stereocenters. The van der Waals surface area contributed by atoms with Crippen LogP contribution in [-0.2, 0) is 14.3 Å². The van der Waals surface area contributed by atoms with Gasteiger partial charge in [-0.2, -0.15) is 0 Å². The second-order valence-electron chi connectivity index (χ2n) is 7.80. The molecule has 0 aliphatic heterocycles. The molecule has 1 amide bonds. The molecule has 0 spiro atoms. The fourth-order valence-corrected chi connectivity index (χ4v) is 3.13. The summed E-state index contributed by atoms with van der Waals surface area (Å²) in [7, 11) is 0. The zero-order chi connectivity index (χ0) is 20.2. The first-order valence-corrected chi connectivity index (χ1v) is 11.6. The molecule has 0 fully saturated rings. The first-order chi connectivity index (χ1) is 13.1. The van der Waals surface area contributed by atoms with Crippen molar-refractivity contribution in [3.63, 3.8) is 0 Å². The number of amides is 1. The fourth-order valence-electron chi connectivity index (χ4n) is 3.13. The van der Waals surface area contributed by atoms with Crippen LogP contribution in [0.5, 0.6) is 0 Å². The van der Waals surface area contributed by atoms with Crippen LogP contribution in [0.1, 0.15) is 124 Å². The van der Waals surface area contributed by atoms with Crippen LogP contribution in [-0.4, -0.2) is 24.5 Å². The minimum Gasteiger partial charge on any atom is -0.464 e. The highest BCUT2D eigenvalue weighted by atomic mass is 16.5. The van der Waals surface area contributed by atoms with E-state index in [1.54, 1.807) is 6.92 Å². The van der Waals surface area contributed by atoms with Crippen molar-refractivity contribution in [2.45, 2.75) is 130 Å². The quantitative estimate of drug-likeness (QED) is 0.210. The molecule has 160 valence electrons. The Labute approximate surface area is 168 Å². The number of nitrogens with one attached hydrogen (secondary N) is 1. The van der Waals surface area contributed by atoms with Gasteiger partial charge in [-0.1, -0.05) is 97.3 Å². The fraction of sp³-hybridized carbons (Fsp3) is 0.913. The van der Waals surface area contributed by atoms with Crippen LogP contribution < -0.4 is 5.32 Å². The van der Waals surface area contributed by atoms with Gasteiger partial charge in [0.05, 0.1) is 6.61 Å². The number of unbranched alkanes of at least 4 members (excludes halogenated alkanes) is 13. The van der Waals surface area contributed by atoms with Gasteiger partial charge in [-0.05, 0) is 19.8 Å². The zero-order valence-electron chi connectivity index (χ0n) is 18.3. The summed E-state index contributed by atoms with van der Waals surface area (Å²) in [5.74, 6) is -0.388. The number of hydrogen-bond donors (Lipinski definition) is 1. The van der Waals surface area contributed by atoms with Crippen molar-refractivity contribution in [3.8, 4) is 0 Å². The van der Waals surface area contributed by atoms with E-state index in [4.69, 9.17) is 4.74 Å². The van der Waals surface area contributed by atoms with Gasteiger partial charge in [0.25, 0.3) is 0 Å². The second-order valence-corrected chi connectivity index (χ2v) is 7.80. The Morgan fingerprint density at radius 3 is 1.63 bits per heavy atom. The van der Waals surface area contributed by atoms with Crippen LogP contribution in [0.15, 0.2) is 0 Å². The summed E-state index contributed by atoms with van der Waals surface area (Å²) in [6.45, 7) is 6.46. The molecule has 4 heteroatoms. The maximum Gasteiger partial charge on any atom is 0.328 e. The Hall–Kier alpha value is -1.06. The number of ether oxygens (including phenoxy) is 1. The Bertz CT molecular complexity index is 358. The third-order valence-electron chi connectivity index (χ3n) is 4.98. The van der Waals surface area contributed by atoms with E-state index in [1.807, 2.05) is 6.92 Å². The Morgan fingerprint density at radius 1 is 0.704 bits per heavy atom. The first-order valence-electron chi connectivity index (χ1n) is 11.6. The maximum atomic E-state index is 11.8. The van der Waals surface area contributed by atoms with E-state index in [1.165, 1.54) is 70.6 Å². The van der Waals surface area contributed by atoms with Crippen LogP contribution in [0.25, 0.3) is 0 Å². The van der Waals surface area contributed by atoms with Crippen molar-refractivity contribution in [2.24, 2.45) is 0 Å². The Balaban J connectivity index is 3.36. The van der Waals surface area contributed by atoms with Gasteiger partial charge in [0.1, 0.15) is 6.04 Å². The molecule has 4 nitrogen and oxygen atoms in total. The summed E-state index contributed by atoms with van der Waals surface area (Å²) in [6.07, 6.45) is 19.3. The van der Waals surface area contributed by atoms with Crippen molar-refractivity contribution in [3.05, 3.63) is 0 Å². The van der Waals surface area contributed by atoms with Crippen LogP contribution in [0.4, 0.5) is 0 Å². The predicted octanol–water partition coefficient (Wildman–Crippen LogP) is 6.32. The standard InChI is InChI=1S/C23H45NO3/c1-4-6-8-9-10-11-12-13-14-15-16-17-18-20-27-23(26)21(3)24-22(25)19-7-5-2/h21H,4-20H2,1-3H3,(H,24,25). The van der Waals surface area contributed by atoms with Gasteiger partial charge in [-0.25, -0.2) is 4.79 Å². The smallest absolute Gasteiger partial charge is 0.328 e. The van der Waals surface area contributed by atoms with E-state index in [0.29, 0.717) is 13.0 Å². The van der Waals surface area contributed by atoms with Gasteiger partial charge in [-0.15, -0.1) is 0 Å². The van der Waals surface area contributed by atoms with Gasteiger partial charge in [0.15, 0.2) is 0 Å². The molecule has 27 heavy (non-hydrogen) atoms. The lowest BCUT2D eigenvalue weighted by atomic mass is 10.0. The van der Waals surface area contributed by atoms with Crippen molar-refractivity contribution >= 4 is 11.9 Å². The molecule has 0 heterocycles. The molecule has 0 saturated carbocycles. The minimum atomic E-state index is -0.545. The summed E-state index contributed by atoms with van der Waals surface area (Å²) in [5, 5.41) is 2.70. The SMILES string of the molecule is CCCCCCCCCCCCCCCOC(=O)C(C)NC(=O)CCCC. The van der Waals surface area contributed by atoms with Gasteiger partial charge in [0.2, 0.25) is 5.91 Å². The molecule has 0 bridgehead atoms. The molecule has 0 aromatic heterocycles. The maximum absolute atomic E-state index is 11.8. The lowest BCUT2D eigenvalue weighted by Gasteiger charge is -2.13. The molecule has 0 aliphatic carbocycles. The summed E-state index contributed by atoms with van der Waals surface area (Å²) in [4.78, 5) is 23.4. The van der Waals surface area contributed by atoms with Crippen molar-refractivity contribution < 1.29 is 14.3 Å². The van der Waals surface area contributed by atoms with Crippen LogP contribution >= 0.6 is 0 Å². The molecular weight excluding hydrogens is 338 g/mol. The second kappa shape index (κ2) is 19.7. The van der Waals surface area contributed by atoms with Gasteiger partial charge in [-0.3, -0.25) is 4.79 Å². The Morgan fingerprint density at radius 2 is 1.15 bits per heavy atom. The van der Waals surface area contributed by atoms with Gasteiger partial charge in [0, 0.05) is 6.42 Å². The minimum absolute atomic E-state index is 0.0674. The highest BCUT2D eigenvalue weighted by Gasteiger charge is 2.16. The van der Waals surface area contributed by atoms with Crippen LogP contribution in [0.2, 0.25) is 0 Å². The molecule has 0 aromatic rings. The summed E-state index contributed by atoms with van der Waals surface area (Å²) >= 11 is 0. The van der Waals surface area contributed by atoms with E-state index >= 15 is 0 Å². The number of hydrogen-bond acceptors (Lipinski definition) is 3. The highest BCUT2D eigenvalue weighted by molar-refractivity contribution is 5.84. The summed E-state index contributed by atoms with van der Waals surface area (Å²) < 4.78 is 5.26.